The minimum Gasteiger partial charge on any atom is -0.338 e. The molecule has 2 heterocycles. The second-order valence-electron chi connectivity index (χ2n) is 7.24. The van der Waals surface area contributed by atoms with Gasteiger partial charge in [-0.1, -0.05) is 35.5 Å². The first-order valence-electron chi connectivity index (χ1n) is 8.95. The lowest BCUT2D eigenvalue weighted by Crippen LogP contribution is -2.14. The monoisotopic (exact) mass is 433 g/mol. The summed E-state index contributed by atoms with van der Waals surface area (Å²) >= 11 is 0. The van der Waals surface area contributed by atoms with E-state index in [-0.39, 0.29) is 29.6 Å². The molecule has 0 radical (unpaired) electrons. The SMILES string of the molecule is CC(C)(F)c1cc(NC(=O)Cc2ccc(-c3ccc(CS(=O)(=O)O)nc3)cc2)on1. The van der Waals surface area contributed by atoms with Gasteiger partial charge in [0.1, 0.15) is 11.4 Å². The van der Waals surface area contributed by atoms with Gasteiger partial charge in [0, 0.05) is 17.8 Å². The van der Waals surface area contributed by atoms with Gasteiger partial charge in [0.15, 0.2) is 5.67 Å². The molecule has 30 heavy (non-hydrogen) atoms. The molecule has 1 aromatic carbocycles. The van der Waals surface area contributed by atoms with E-state index in [0.717, 1.165) is 16.7 Å². The highest BCUT2D eigenvalue weighted by molar-refractivity contribution is 7.85. The maximum atomic E-state index is 13.8. The lowest BCUT2D eigenvalue weighted by atomic mass is 10.0. The first-order chi connectivity index (χ1) is 14.0. The largest absolute Gasteiger partial charge is 0.338 e. The number of nitrogens with zero attached hydrogens (tertiary/aromatic N) is 2. The van der Waals surface area contributed by atoms with Gasteiger partial charge in [-0.3, -0.25) is 19.6 Å². The number of halogens is 1. The molecular formula is C20H20FN3O5S. The molecule has 0 aliphatic rings. The second kappa shape index (κ2) is 8.33. The van der Waals surface area contributed by atoms with Crippen molar-refractivity contribution in [3.63, 3.8) is 0 Å². The van der Waals surface area contributed by atoms with Gasteiger partial charge in [0.2, 0.25) is 11.8 Å². The average Bonchev–Trinajstić information content (AvgIpc) is 3.10. The number of carbonyl (C=O) groups is 1. The Balaban J connectivity index is 1.61. The average molecular weight is 433 g/mol. The Bertz CT molecular complexity index is 1130. The zero-order valence-electron chi connectivity index (χ0n) is 16.3. The van der Waals surface area contributed by atoms with E-state index in [1.165, 1.54) is 32.2 Å². The molecule has 0 aliphatic heterocycles. The van der Waals surface area contributed by atoms with Crippen molar-refractivity contribution < 1.29 is 26.7 Å². The van der Waals surface area contributed by atoms with E-state index in [2.05, 4.69) is 15.5 Å². The van der Waals surface area contributed by atoms with Crippen LogP contribution in [0, 0.1) is 0 Å². The number of hydrogen-bond donors (Lipinski definition) is 2. The Hall–Kier alpha value is -3.11. The third kappa shape index (κ3) is 5.94. The molecule has 0 aliphatic carbocycles. The summed E-state index contributed by atoms with van der Waals surface area (Å²) in [5.74, 6) is -0.802. The molecular weight excluding hydrogens is 413 g/mol. The molecule has 10 heteroatoms. The van der Waals surface area contributed by atoms with Crippen molar-refractivity contribution >= 4 is 21.9 Å². The smallest absolute Gasteiger partial charge is 0.270 e. The van der Waals surface area contributed by atoms with Crippen LogP contribution in [0.15, 0.2) is 53.2 Å². The number of amides is 1. The molecule has 2 N–H and O–H groups in total. The van der Waals surface area contributed by atoms with Gasteiger partial charge in [-0.2, -0.15) is 8.42 Å². The summed E-state index contributed by atoms with van der Waals surface area (Å²) < 4.78 is 49.4. The summed E-state index contributed by atoms with van der Waals surface area (Å²) in [6.07, 6.45) is 1.59. The number of benzene rings is 1. The fraction of sp³-hybridized carbons (Fsp3) is 0.250. The third-order valence-electron chi connectivity index (χ3n) is 4.19. The minimum absolute atomic E-state index is 0.0772. The minimum atomic E-state index is -4.13. The Labute approximate surface area is 172 Å². The number of carbonyl (C=O) groups excluding carboxylic acids is 1. The van der Waals surface area contributed by atoms with Crippen LogP contribution in [0.1, 0.15) is 30.8 Å². The lowest BCUT2D eigenvalue weighted by molar-refractivity contribution is -0.115. The maximum Gasteiger partial charge on any atom is 0.270 e. The highest BCUT2D eigenvalue weighted by atomic mass is 32.2. The summed E-state index contributed by atoms with van der Waals surface area (Å²) in [6.45, 7) is 2.69. The summed E-state index contributed by atoms with van der Waals surface area (Å²) in [6, 6.07) is 11.7. The number of alkyl halides is 1. The van der Waals surface area contributed by atoms with Crippen LogP contribution in [0.5, 0.6) is 0 Å². The van der Waals surface area contributed by atoms with Gasteiger partial charge in [-0.05, 0) is 31.0 Å². The molecule has 0 unspecified atom stereocenters. The summed E-state index contributed by atoms with van der Waals surface area (Å²) in [5.41, 5.74) is 1.00. The fourth-order valence-electron chi connectivity index (χ4n) is 2.66. The standard InChI is InChI=1S/C20H20FN3O5S/c1-20(2,21)17-10-19(29-24-17)23-18(25)9-13-3-5-14(6-4-13)15-7-8-16(22-11-15)12-30(26,27)28/h3-8,10-11H,9,12H2,1-2H3,(H,23,25)(H,26,27,28). The van der Waals surface area contributed by atoms with E-state index in [9.17, 15) is 17.6 Å². The van der Waals surface area contributed by atoms with Gasteiger partial charge in [-0.25, -0.2) is 4.39 Å². The van der Waals surface area contributed by atoms with Crippen LogP contribution in [0.3, 0.4) is 0 Å². The highest BCUT2D eigenvalue weighted by Gasteiger charge is 2.24. The Morgan fingerprint density at radius 3 is 2.37 bits per heavy atom. The summed E-state index contributed by atoms with van der Waals surface area (Å²) in [4.78, 5) is 16.2. The molecule has 3 rings (SSSR count). The third-order valence-corrected chi connectivity index (χ3v) is 4.85. The van der Waals surface area contributed by atoms with Gasteiger partial charge >= 0.3 is 0 Å². The number of nitrogens with one attached hydrogen (secondary N) is 1. The van der Waals surface area contributed by atoms with E-state index in [1.54, 1.807) is 30.3 Å². The zero-order chi connectivity index (χ0) is 21.9. The van der Waals surface area contributed by atoms with Crippen LogP contribution in [0.25, 0.3) is 11.1 Å². The molecule has 0 spiro atoms. The molecule has 1 amide bonds. The van der Waals surface area contributed by atoms with E-state index in [0.29, 0.717) is 0 Å². The molecule has 2 aromatic heterocycles. The molecule has 158 valence electrons. The Kier molecular flexibility index (Phi) is 5.99. The Morgan fingerprint density at radius 2 is 1.83 bits per heavy atom. The van der Waals surface area contributed by atoms with Gasteiger partial charge in [-0.15, -0.1) is 0 Å². The fourth-order valence-corrected chi connectivity index (χ4v) is 3.21. The second-order valence-corrected chi connectivity index (χ2v) is 8.69. The van der Waals surface area contributed by atoms with Gasteiger partial charge in [0.05, 0.1) is 12.1 Å². The topological polar surface area (TPSA) is 122 Å². The first kappa shape index (κ1) is 21.6. The van der Waals surface area contributed by atoms with Crippen molar-refractivity contribution in [3.8, 4) is 11.1 Å². The van der Waals surface area contributed by atoms with Crippen LogP contribution in [0.2, 0.25) is 0 Å². The maximum absolute atomic E-state index is 13.8. The normalized spacial score (nSPS) is 12.0. The van der Waals surface area contributed by atoms with Crippen LogP contribution in [-0.4, -0.2) is 29.0 Å². The summed E-state index contributed by atoms with van der Waals surface area (Å²) in [5, 5.41) is 6.14. The molecule has 3 aromatic rings. The molecule has 0 atom stereocenters. The van der Waals surface area contributed by atoms with E-state index >= 15 is 0 Å². The number of rotatable bonds is 7. The van der Waals surface area contributed by atoms with E-state index < -0.39 is 21.5 Å². The number of hydrogen-bond acceptors (Lipinski definition) is 6. The Morgan fingerprint density at radius 1 is 1.17 bits per heavy atom. The van der Waals surface area contributed by atoms with Crippen LogP contribution in [-0.2, 0) is 32.8 Å². The summed E-state index contributed by atoms with van der Waals surface area (Å²) in [7, 11) is -4.13. The predicted molar refractivity (Wildman–Crippen MR) is 108 cm³/mol. The van der Waals surface area contributed by atoms with Crippen LogP contribution < -0.4 is 5.32 Å². The first-order valence-corrected chi connectivity index (χ1v) is 10.6. The van der Waals surface area contributed by atoms with Crippen molar-refractivity contribution in [1.29, 1.82) is 0 Å². The van der Waals surface area contributed by atoms with Crippen LogP contribution in [0.4, 0.5) is 10.3 Å². The van der Waals surface area contributed by atoms with Gasteiger partial charge < -0.3 is 4.52 Å². The van der Waals surface area contributed by atoms with Crippen molar-refractivity contribution in [3.05, 3.63) is 65.6 Å². The lowest BCUT2D eigenvalue weighted by Gasteiger charge is -2.07. The number of aromatic nitrogens is 2. The van der Waals surface area contributed by atoms with Gasteiger partial charge in [0.25, 0.3) is 10.1 Å². The molecule has 0 saturated carbocycles. The van der Waals surface area contributed by atoms with E-state index in [1.807, 2.05) is 0 Å². The van der Waals surface area contributed by atoms with E-state index in [4.69, 9.17) is 9.08 Å². The van der Waals surface area contributed by atoms with Crippen molar-refractivity contribution in [2.24, 2.45) is 0 Å². The predicted octanol–water partition coefficient (Wildman–Crippen LogP) is 3.51. The van der Waals surface area contributed by atoms with Crippen molar-refractivity contribution in [2.45, 2.75) is 31.7 Å². The number of anilines is 1. The molecule has 8 nitrogen and oxygen atoms in total. The highest BCUT2D eigenvalue weighted by Crippen LogP contribution is 2.26. The molecule has 0 saturated heterocycles. The number of pyridine rings is 1. The van der Waals surface area contributed by atoms with Crippen molar-refractivity contribution in [1.82, 2.24) is 10.1 Å². The quantitative estimate of drug-likeness (QED) is 0.547. The van der Waals surface area contributed by atoms with Crippen LogP contribution >= 0.6 is 0 Å². The molecule has 0 bridgehead atoms. The van der Waals surface area contributed by atoms with Crippen molar-refractivity contribution in [2.75, 3.05) is 5.32 Å². The zero-order valence-corrected chi connectivity index (χ0v) is 17.1. The molecule has 0 fully saturated rings.